The molecule has 2 aliphatic heterocycles. The molecule has 2 saturated heterocycles. The van der Waals surface area contributed by atoms with Gasteiger partial charge >= 0.3 is 0 Å². The summed E-state index contributed by atoms with van der Waals surface area (Å²) in [4.78, 5) is 2.71. The smallest absolute Gasteiger partial charge is 0.00669 e. The molecule has 3 atom stereocenters. The summed E-state index contributed by atoms with van der Waals surface area (Å²) in [6, 6.07) is 0.807. The van der Waals surface area contributed by atoms with Gasteiger partial charge in [0.2, 0.25) is 0 Å². The van der Waals surface area contributed by atoms with Crippen molar-refractivity contribution in [3.8, 4) is 0 Å². The van der Waals surface area contributed by atoms with E-state index in [0.29, 0.717) is 0 Å². The zero-order valence-electron chi connectivity index (χ0n) is 9.63. The van der Waals surface area contributed by atoms with Gasteiger partial charge in [0.05, 0.1) is 0 Å². The van der Waals surface area contributed by atoms with Crippen LogP contribution in [-0.4, -0.2) is 37.1 Å². The molecule has 0 aromatic carbocycles. The number of rotatable bonds is 3. The molecule has 0 radical (unpaired) electrons. The Morgan fingerprint density at radius 1 is 1.36 bits per heavy atom. The van der Waals surface area contributed by atoms with Crippen LogP contribution in [0.25, 0.3) is 0 Å². The molecule has 2 fully saturated rings. The predicted octanol–water partition coefficient (Wildman–Crippen LogP) is 1.72. The minimum absolute atomic E-state index is 0.807. The van der Waals surface area contributed by atoms with E-state index in [1.165, 1.54) is 45.4 Å². The highest BCUT2D eigenvalue weighted by molar-refractivity contribution is 4.89. The normalized spacial score (nSPS) is 35.6. The molecule has 1 N–H and O–H groups in total. The second-order valence-electron chi connectivity index (χ2n) is 5.10. The molecule has 2 rings (SSSR count). The van der Waals surface area contributed by atoms with Gasteiger partial charge in [-0.1, -0.05) is 13.3 Å². The van der Waals surface area contributed by atoms with Crippen molar-refractivity contribution in [2.24, 2.45) is 11.8 Å². The van der Waals surface area contributed by atoms with Gasteiger partial charge in [0.1, 0.15) is 0 Å². The van der Waals surface area contributed by atoms with Gasteiger partial charge in [0.25, 0.3) is 0 Å². The zero-order valence-corrected chi connectivity index (χ0v) is 9.63. The van der Waals surface area contributed by atoms with Crippen LogP contribution in [0, 0.1) is 11.8 Å². The van der Waals surface area contributed by atoms with Crippen molar-refractivity contribution in [3.63, 3.8) is 0 Å². The topological polar surface area (TPSA) is 15.3 Å². The molecule has 3 unspecified atom stereocenters. The van der Waals surface area contributed by atoms with E-state index in [1.54, 1.807) is 0 Å². The first-order valence-electron chi connectivity index (χ1n) is 6.26. The van der Waals surface area contributed by atoms with Gasteiger partial charge in [0.15, 0.2) is 0 Å². The van der Waals surface area contributed by atoms with Gasteiger partial charge in [-0.05, 0) is 51.2 Å². The summed E-state index contributed by atoms with van der Waals surface area (Å²) in [6.45, 7) is 9.91. The molecule has 0 bridgehead atoms. The average molecular weight is 196 g/mol. The Hall–Kier alpha value is -0.0800. The van der Waals surface area contributed by atoms with Gasteiger partial charge in [-0.15, -0.1) is 0 Å². The Bertz CT molecular complexity index is 181. The first-order chi connectivity index (χ1) is 6.81. The predicted molar refractivity (Wildman–Crippen MR) is 60.4 cm³/mol. The molecule has 2 aliphatic rings. The van der Waals surface area contributed by atoms with Gasteiger partial charge in [0, 0.05) is 12.6 Å². The SMILES string of the molecule is CCCC(C)N1CCC2CNCC2C1. The summed E-state index contributed by atoms with van der Waals surface area (Å²) in [5.41, 5.74) is 0. The lowest BCUT2D eigenvalue weighted by Crippen LogP contribution is -2.44. The van der Waals surface area contributed by atoms with Crippen LogP contribution >= 0.6 is 0 Å². The van der Waals surface area contributed by atoms with Crippen LogP contribution < -0.4 is 5.32 Å². The molecule has 14 heavy (non-hydrogen) atoms. The highest BCUT2D eigenvalue weighted by Crippen LogP contribution is 2.28. The Morgan fingerprint density at radius 3 is 2.93 bits per heavy atom. The van der Waals surface area contributed by atoms with Gasteiger partial charge < -0.3 is 10.2 Å². The largest absolute Gasteiger partial charge is 0.316 e. The fraction of sp³-hybridized carbons (Fsp3) is 1.00. The molecular weight excluding hydrogens is 172 g/mol. The number of nitrogens with zero attached hydrogens (tertiary/aromatic N) is 1. The number of likely N-dealkylation sites (tertiary alicyclic amines) is 1. The van der Waals surface area contributed by atoms with Crippen molar-refractivity contribution < 1.29 is 0 Å². The summed E-state index contributed by atoms with van der Waals surface area (Å²) < 4.78 is 0. The first kappa shape index (κ1) is 10.4. The van der Waals surface area contributed by atoms with E-state index in [1.807, 2.05) is 0 Å². The summed E-state index contributed by atoms with van der Waals surface area (Å²) in [6.07, 6.45) is 4.11. The van der Waals surface area contributed by atoms with Crippen LogP contribution in [0.15, 0.2) is 0 Å². The summed E-state index contributed by atoms with van der Waals surface area (Å²) in [5.74, 6) is 1.93. The molecule has 2 heterocycles. The van der Waals surface area contributed by atoms with E-state index < -0.39 is 0 Å². The van der Waals surface area contributed by atoms with E-state index in [-0.39, 0.29) is 0 Å². The minimum Gasteiger partial charge on any atom is -0.316 e. The van der Waals surface area contributed by atoms with Crippen LogP contribution in [0.5, 0.6) is 0 Å². The number of hydrogen-bond donors (Lipinski definition) is 1. The molecule has 0 aliphatic carbocycles. The number of fused-ring (bicyclic) bond motifs is 1. The lowest BCUT2D eigenvalue weighted by molar-refractivity contribution is 0.106. The summed E-state index contributed by atoms with van der Waals surface area (Å²) in [7, 11) is 0. The summed E-state index contributed by atoms with van der Waals surface area (Å²) >= 11 is 0. The van der Waals surface area contributed by atoms with Crippen molar-refractivity contribution in [2.45, 2.75) is 39.2 Å². The van der Waals surface area contributed by atoms with Crippen molar-refractivity contribution in [1.82, 2.24) is 10.2 Å². The van der Waals surface area contributed by atoms with Crippen LogP contribution in [-0.2, 0) is 0 Å². The van der Waals surface area contributed by atoms with Crippen molar-refractivity contribution in [3.05, 3.63) is 0 Å². The monoisotopic (exact) mass is 196 g/mol. The molecular formula is C12H24N2. The third kappa shape index (κ3) is 2.12. The van der Waals surface area contributed by atoms with Crippen LogP contribution in [0.2, 0.25) is 0 Å². The average Bonchev–Trinajstić information content (AvgIpc) is 2.64. The lowest BCUT2D eigenvalue weighted by Gasteiger charge is -2.38. The molecule has 2 nitrogen and oxygen atoms in total. The van der Waals surface area contributed by atoms with Crippen molar-refractivity contribution in [1.29, 1.82) is 0 Å². The Balaban J connectivity index is 1.84. The van der Waals surface area contributed by atoms with Crippen molar-refractivity contribution >= 4 is 0 Å². The highest BCUT2D eigenvalue weighted by atomic mass is 15.2. The number of hydrogen-bond acceptors (Lipinski definition) is 2. The number of piperidine rings is 1. The van der Waals surface area contributed by atoms with Gasteiger partial charge in [-0.3, -0.25) is 0 Å². The Morgan fingerprint density at radius 2 is 2.14 bits per heavy atom. The van der Waals surface area contributed by atoms with Crippen molar-refractivity contribution in [2.75, 3.05) is 26.2 Å². The van der Waals surface area contributed by atoms with Crippen LogP contribution in [0.3, 0.4) is 0 Å². The van der Waals surface area contributed by atoms with E-state index in [4.69, 9.17) is 0 Å². The molecule has 2 heteroatoms. The zero-order chi connectivity index (χ0) is 9.97. The molecule has 0 amide bonds. The molecule has 0 aromatic rings. The fourth-order valence-corrected chi connectivity index (χ4v) is 3.06. The second-order valence-corrected chi connectivity index (χ2v) is 5.10. The number of nitrogens with one attached hydrogen (secondary N) is 1. The maximum absolute atomic E-state index is 3.53. The first-order valence-corrected chi connectivity index (χ1v) is 6.26. The molecule has 0 spiro atoms. The fourth-order valence-electron chi connectivity index (χ4n) is 3.06. The quantitative estimate of drug-likeness (QED) is 0.739. The molecule has 0 saturated carbocycles. The van der Waals surface area contributed by atoms with E-state index in [9.17, 15) is 0 Å². The van der Waals surface area contributed by atoms with Crippen LogP contribution in [0.4, 0.5) is 0 Å². The maximum atomic E-state index is 3.53. The molecule has 0 aromatic heterocycles. The summed E-state index contributed by atoms with van der Waals surface area (Å²) in [5, 5.41) is 3.53. The van der Waals surface area contributed by atoms with Gasteiger partial charge in [-0.25, -0.2) is 0 Å². The third-order valence-electron chi connectivity index (χ3n) is 4.07. The maximum Gasteiger partial charge on any atom is 0.00669 e. The van der Waals surface area contributed by atoms with E-state index >= 15 is 0 Å². The van der Waals surface area contributed by atoms with Crippen LogP contribution in [0.1, 0.15) is 33.1 Å². The Kier molecular flexibility index (Phi) is 3.45. The standard InChI is InChI=1S/C12H24N2/c1-3-4-10(2)14-6-5-11-7-13-8-12(11)9-14/h10-13H,3-9H2,1-2H3. The lowest BCUT2D eigenvalue weighted by atomic mass is 9.88. The third-order valence-corrected chi connectivity index (χ3v) is 4.07. The Labute approximate surface area is 88.1 Å². The van der Waals surface area contributed by atoms with E-state index in [2.05, 4.69) is 24.1 Å². The molecule has 82 valence electrons. The highest BCUT2D eigenvalue weighted by Gasteiger charge is 2.33. The van der Waals surface area contributed by atoms with E-state index in [0.717, 1.165) is 17.9 Å². The second kappa shape index (κ2) is 4.63. The van der Waals surface area contributed by atoms with Gasteiger partial charge in [-0.2, -0.15) is 0 Å². The minimum atomic E-state index is 0.807.